The molecule has 0 radical (unpaired) electrons. The van der Waals surface area contributed by atoms with Gasteiger partial charge in [-0.25, -0.2) is 0 Å². The summed E-state index contributed by atoms with van der Waals surface area (Å²) in [6, 6.07) is 5.39. The molecule has 1 amide bonds. The zero-order chi connectivity index (χ0) is 15.1. The fourth-order valence-electron chi connectivity index (χ4n) is 2.64. The van der Waals surface area contributed by atoms with Crippen LogP contribution in [-0.4, -0.2) is 33.2 Å². The summed E-state index contributed by atoms with van der Waals surface area (Å²) in [4.78, 5) is 12.0. The minimum Gasteiger partial charge on any atom is -0.493 e. The van der Waals surface area contributed by atoms with E-state index in [0.29, 0.717) is 23.8 Å². The van der Waals surface area contributed by atoms with Gasteiger partial charge in [-0.15, -0.1) is 0 Å². The monoisotopic (exact) mass is 292 g/mol. The standard InChI is InChI=1S/C16H24N2O3/c1-20-14-7-6-13(10-15(14)21-2)18-16(19)8-5-12-4-3-9-17-11-12/h6-7,10,12,17H,3-5,8-9,11H2,1-2H3,(H,18,19). The van der Waals surface area contributed by atoms with Gasteiger partial charge in [-0.05, 0) is 50.4 Å². The number of nitrogens with one attached hydrogen (secondary N) is 2. The van der Waals surface area contributed by atoms with Gasteiger partial charge in [0.15, 0.2) is 11.5 Å². The maximum atomic E-state index is 12.0. The molecule has 2 N–H and O–H groups in total. The van der Waals surface area contributed by atoms with Gasteiger partial charge in [0.25, 0.3) is 0 Å². The van der Waals surface area contributed by atoms with Gasteiger partial charge >= 0.3 is 0 Å². The topological polar surface area (TPSA) is 59.6 Å². The van der Waals surface area contributed by atoms with Crippen molar-refractivity contribution in [2.75, 3.05) is 32.6 Å². The van der Waals surface area contributed by atoms with Gasteiger partial charge in [0.2, 0.25) is 5.91 Å². The summed E-state index contributed by atoms with van der Waals surface area (Å²) in [6.45, 7) is 2.14. The first-order valence-electron chi connectivity index (χ1n) is 7.45. The van der Waals surface area contributed by atoms with Crippen molar-refractivity contribution < 1.29 is 14.3 Å². The third-order valence-corrected chi connectivity index (χ3v) is 3.85. The van der Waals surface area contributed by atoms with E-state index < -0.39 is 0 Å². The van der Waals surface area contributed by atoms with Gasteiger partial charge in [0.05, 0.1) is 14.2 Å². The molecule has 5 nitrogen and oxygen atoms in total. The summed E-state index contributed by atoms with van der Waals surface area (Å²) in [5.74, 6) is 1.94. The number of carbonyl (C=O) groups is 1. The molecule has 1 atom stereocenters. The maximum absolute atomic E-state index is 12.0. The Kier molecular flexibility index (Phi) is 5.87. The van der Waals surface area contributed by atoms with E-state index in [2.05, 4.69) is 10.6 Å². The molecule has 1 aromatic carbocycles. The normalized spacial score (nSPS) is 18.1. The lowest BCUT2D eigenvalue weighted by Crippen LogP contribution is -2.30. The molecule has 0 aliphatic carbocycles. The molecule has 116 valence electrons. The quantitative estimate of drug-likeness (QED) is 0.845. The molecule has 1 fully saturated rings. The van der Waals surface area contributed by atoms with Gasteiger partial charge in [-0.3, -0.25) is 4.79 Å². The van der Waals surface area contributed by atoms with E-state index in [4.69, 9.17) is 9.47 Å². The Morgan fingerprint density at radius 3 is 2.81 bits per heavy atom. The zero-order valence-corrected chi connectivity index (χ0v) is 12.8. The molecular weight excluding hydrogens is 268 g/mol. The second-order valence-electron chi connectivity index (χ2n) is 5.37. The molecule has 0 saturated carbocycles. The molecule has 1 aliphatic rings. The lowest BCUT2D eigenvalue weighted by Gasteiger charge is -2.22. The van der Waals surface area contributed by atoms with Crippen molar-refractivity contribution in [2.24, 2.45) is 5.92 Å². The van der Waals surface area contributed by atoms with Crippen molar-refractivity contribution in [1.29, 1.82) is 0 Å². The van der Waals surface area contributed by atoms with Gasteiger partial charge in [-0.2, -0.15) is 0 Å². The van der Waals surface area contributed by atoms with Crippen molar-refractivity contribution in [1.82, 2.24) is 5.32 Å². The van der Waals surface area contributed by atoms with Crippen LogP contribution in [0.2, 0.25) is 0 Å². The third kappa shape index (κ3) is 4.63. The van der Waals surface area contributed by atoms with Crippen LogP contribution in [0.5, 0.6) is 11.5 Å². The Hall–Kier alpha value is -1.75. The molecule has 21 heavy (non-hydrogen) atoms. The van der Waals surface area contributed by atoms with Crippen LogP contribution >= 0.6 is 0 Å². The van der Waals surface area contributed by atoms with E-state index in [0.717, 1.165) is 25.2 Å². The summed E-state index contributed by atoms with van der Waals surface area (Å²) < 4.78 is 10.4. The van der Waals surface area contributed by atoms with Crippen LogP contribution in [0.4, 0.5) is 5.69 Å². The molecule has 0 bridgehead atoms. The van der Waals surface area contributed by atoms with Gasteiger partial charge in [-0.1, -0.05) is 0 Å². The number of methoxy groups -OCH3 is 2. The largest absolute Gasteiger partial charge is 0.493 e. The summed E-state index contributed by atoms with van der Waals surface area (Å²) in [5, 5.41) is 6.29. The highest BCUT2D eigenvalue weighted by atomic mass is 16.5. The molecule has 1 heterocycles. The minimum absolute atomic E-state index is 0.0489. The molecule has 1 aliphatic heterocycles. The zero-order valence-electron chi connectivity index (χ0n) is 12.8. The van der Waals surface area contributed by atoms with E-state index in [1.807, 2.05) is 6.07 Å². The number of benzene rings is 1. The van der Waals surface area contributed by atoms with Gasteiger partial charge in [0.1, 0.15) is 0 Å². The Morgan fingerprint density at radius 1 is 1.33 bits per heavy atom. The van der Waals surface area contributed by atoms with E-state index in [-0.39, 0.29) is 5.91 Å². The van der Waals surface area contributed by atoms with E-state index in [9.17, 15) is 4.79 Å². The number of piperidine rings is 1. The van der Waals surface area contributed by atoms with Crippen molar-refractivity contribution in [3.8, 4) is 11.5 Å². The maximum Gasteiger partial charge on any atom is 0.224 e. The average molecular weight is 292 g/mol. The number of amides is 1. The lowest BCUT2D eigenvalue weighted by atomic mass is 9.94. The van der Waals surface area contributed by atoms with Gasteiger partial charge < -0.3 is 20.1 Å². The minimum atomic E-state index is 0.0489. The molecule has 1 unspecified atom stereocenters. The van der Waals surface area contributed by atoms with Crippen LogP contribution < -0.4 is 20.1 Å². The van der Waals surface area contributed by atoms with Crippen LogP contribution in [-0.2, 0) is 4.79 Å². The Bertz CT molecular complexity index is 471. The smallest absolute Gasteiger partial charge is 0.224 e. The number of carbonyl (C=O) groups excluding carboxylic acids is 1. The van der Waals surface area contributed by atoms with Crippen molar-refractivity contribution in [3.05, 3.63) is 18.2 Å². The first-order valence-corrected chi connectivity index (χ1v) is 7.45. The molecule has 1 aromatic rings. The summed E-state index contributed by atoms with van der Waals surface area (Å²) in [5.41, 5.74) is 0.736. The SMILES string of the molecule is COc1ccc(NC(=O)CCC2CCCNC2)cc1OC. The third-order valence-electron chi connectivity index (χ3n) is 3.85. The van der Waals surface area contributed by atoms with Crippen LogP contribution in [0.15, 0.2) is 18.2 Å². The fourth-order valence-corrected chi connectivity index (χ4v) is 2.64. The van der Waals surface area contributed by atoms with E-state index in [1.54, 1.807) is 26.4 Å². The molecule has 1 saturated heterocycles. The first-order chi connectivity index (χ1) is 10.2. The second-order valence-corrected chi connectivity index (χ2v) is 5.37. The van der Waals surface area contributed by atoms with Gasteiger partial charge in [0, 0.05) is 18.2 Å². The second kappa shape index (κ2) is 7.88. The number of hydrogen-bond acceptors (Lipinski definition) is 4. The van der Waals surface area contributed by atoms with Crippen LogP contribution in [0, 0.1) is 5.92 Å². The Balaban J connectivity index is 1.84. The Labute approximate surface area is 126 Å². The van der Waals surface area contributed by atoms with Crippen LogP contribution in [0.25, 0.3) is 0 Å². The van der Waals surface area contributed by atoms with Crippen molar-refractivity contribution in [3.63, 3.8) is 0 Å². The predicted molar refractivity (Wildman–Crippen MR) is 83.0 cm³/mol. The predicted octanol–water partition coefficient (Wildman–Crippen LogP) is 2.42. The number of anilines is 1. The van der Waals surface area contributed by atoms with Crippen molar-refractivity contribution >= 4 is 11.6 Å². The van der Waals surface area contributed by atoms with Crippen LogP contribution in [0.3, 0.4) is 0 Å². The summed E-state index contributed by atoms with van der Waals surface area (Å²) >= 11 is 0. The highest BCUT2D eigenvalue weighted by Crippen LogP contribution is 2.29. The summed E-state index contributed by atoms with van der Waals surface area (Å²) in [6.07, 6.45) is 3.92. The molecule has 0 aromatic heterocycles. The first kappa shape index (κ1) is 15.6. The van der Waals surface area contributed by atoms with E-state index in [1.165, 1.54) is 12.8 Å². The molecular formula is C16H24N2O3. The number of hydrogen-bond donors (Lipinski definition) is 2. The highest BCUT2D eigenvalue weighted by molar-refractivity contribution is 5.91. The molecule has 5 heteroatoms. The fraction of sp³-hybridized carbons (Fsp3) is 0.562. The average Bonchev–Trinajstić information content (AvgIpc) is 2.53. The van der Waals surface area contributed by atoms with Crippen LogP contribution in [0.1, 0.15) is 25.7 Å². The number of rotatable bonds is 6. The highest BCUT2D eigenvalue weighted by Gasteiger charge is 2.14. The number of ether oxygens (including phenoxy) is 2. The van der Waals surface area contributed by atoms with Crippen molar-refractivity contribution in [2.45, 2.75) is 25.7 Å². The molecule has 0 spiro atoms. The molecule has 2 rings (SSSR count). The Morgan fingerprint density at radius 2 is 2.14 bits per heavy atom. The van der Waals surface area contributed by atoms with E-state index >= 15 is 0 Å². The summed E-state index contributed by atoms with van der Waals surface area (Å²) in [7, 11) is 3.17. The lowest BCUT2D eigenvalue weighted by molar-refractivity contribution is -0.116.